The number of benzene rings is 2. The Morgan fingerprint density at radius 1 is 1.09 bits per heavy atom. The van der Waals surface area contributed by atoms with Gasteiger partial charge < -0.3 is 20.1 Å². The summed E-state index contributed by atoms with van der Waals surface area (Å²) in [6.45, 7) is 2.08. The third-order valence-electron chi connectivity index (χ3n) is 7.21. The van der Waals surface area contributed by atoms with Crippen molar-refractivity contribution in [2.75, 3.05) is 19.1 Å². The second-order valence-electron chi connectivity index (χ2n) is 9.29. The van der Waals surface area contributed by atoms with E-state index in [0.717, 1.165) is 74.6 Å². The Hall–Kier alpha value is -2.90. The number of fused-ring (bicyclic) bond motifs is 3. The largest absolute Gasteiger partial charge is 0.452 e. The molecule has 0 bridgehead atoms. The number of aliphatic hydroxyl groups is 1. The van der Waals surface area contributed by atoms with E-state index < -0.39 is 0 Å². The fraction of sp³-hybridized carbons (Fsp3) is 0.481. The third kappa shape index (κ3) is 4.55. The molecule has 1 aliphatic heterocycles. The first kappa shape index (κ1) is 24.2. The van der Waals surface area contributed by atoms with Gasteiger partial charge in [-0.05, 0) is 63.1 Å². The van der Waals surface area contributed by atoms with E-state index in [1.807, 2.05) is 6.07 Å². The van der Waals surface area contributed by atoms with Crippen molar-refractivity contribution in [1.82, 2.24) is 9.55 Å². The van der Waals surface area contributed by atoms with E-state index in [4.69, 9.17) is 20.6 Å². The van der Waals surface area contributed by atoms with Crippen LogP contribution in [0.15, 0.2) is 42.5 Å². The van der Waals surface area contributed by atoms with E-state index in [2.05, 4.69) is 47.9 Å². The summed E-state index contributed by atoms with van der Waals surface area (Å²) in [5, 5.41) is 7.00. The number of imidazole rings is 1. The zero-order valence-corrected chi connectivity index (χ0v) is 20.4. The minimum absolute atomic E-state index is 0.109. The second-order valence-corrected chi connectivity index (χ2v) is 9.29. The molecular weight excluding hydrogens is 428 g/mol. The number of aliphatic hydroxyl groups excluding tert-OH is 1. The lowest BCUT2D eigenvalue weighted by Gasteiger charge is -2.34. The number of aryl methyl sites for hydroxylation is 1. The predicted molar refractivity (Wildman–Crippen MR) is 135 cm³/mol. The number of hydrogen-bond acceptors (Lipinski definition) is 5. The lowest BCUT2D eigenvalue weighted by atomic mass is 9.91. The summed E-state index contributed by atoms with van der Waals surface area (Å²) in [4.78, 5) is 19.5. The zero-order chi connectivity index (χ0) is 24.2. The third-order valence-corrected chi connectivity index (χ3v) is 7.21. The molecule has 1 saturated carbocycles. The van der Waals surface area contributed by atoms with Crippen LogP contribution in [-0.4, -0.2) is 47.1 Å². The molecule has 2 aromatic carbocycles. The highest BCUT2D eigenvalue weighted by atomic mass is 16.5. The molecule has 34 heavy (non-hydrogen) atoms. The Morgan fingerprint density at radius 3 is 2.47 bits per heavy atom. The maximum absolute atomic E-state index is 12.5. The number of ether oxygens (including phenoxy) is 1. The molecule has 0 radical (unpaired) electrons. The van der Waals surface area contributed by atoms with E-state index in [1.54, 1.807) is 4.90 Å². The summed E-state index contributed by atoms with van der Waals surface area (Å²) >= 11 is 0. The molecule has 7 heteroatoms. The van der Waals surface area contributed by atoms with E-state index >= 15 is 0 Å². The van der Waals surface area contributed by atoms with Crippen molar-refractivity contribution < 1.29 is 14.6 Å². The molecule has 1 aromatic heterocycles. The Morgan fingerprint density at radius 2 is 1.79 bits per heavy atom. The SMILES string of the molecule is CO.COC(=O)N1c2ccc3c(nc(Cc4ccccc4)n3C3CCC(N)CC3)c2CCC1C. The number of aromatic nitrogens is 2. The molecule has 5 rings (SSSR count). The van der Waals surface area contributed by atoms with Crippen molar-refractivity contribution >= 4 is 22.8 Å². The van der Waals surface area contributed by atoms with Gasteiger partial charge in [-0.3, -0.25) is 4.90 Å². The van der Waals surface area contributed by atoms with Gasteiger partial charge in [-0.15, -0.1) is 0 Å². The highest BCUT2D eigenvalue weighted by Gasteiger charge is 2.32. The van der Waals surface area contributed by atoms with Crippen molar-refractivity contribution in [2.24, 2.45) is 5.73 Å². The standard InChI is InChI=1S/C26H32N4O2.CH4O/c1-17-8-13-21-22(29(17)26(31)32-2)14-15-23-25(21)28-24(16-18-6-4-3-5-7-18)30(23)20-11-9-19(27)10-12-20;1-2/h3-7,14-15,17,19-20H,8-13,16,27H2,1-2H3;2H,1H3. The first-order valence-corrected chi connectivity index (χ1v) is 12.2. The quantitative estimate of drug-likeness (QED) is 0.592. The molecule has 3 aromatic rings. The minimum Gasteiger partial charge on any atom is -0.452 e. The molecule has 182 valence electrons. The molecule has 3 N–H and O–H groups in total. The van der Waals surface area contributed by atoms with Gasteiger partial charge in [0.1, 0.15) is 5.82 Å². The molecule has 2 aliphatic rings. The summed E-state index contributed by atoms with van der Waals surface area (Å²) in [7, 11) is 2.45. The molecule has 1 atom stereocenters. The summed E-state index contributed by atoms with van der Waals surface area (Å²) in [5.74, 6) is 1.10. The Balaban J connectivity index is 0.00000133. The molecule has 7 nitrogen and oxygen atoms in total. The number of rotatable bonds is 3. The fourth-order valence-corrected chi connectivity index (χ4v) is 5.49. The highest BCUT2D eigenvalue weighted by molar-refractivity contribution is 5.95. The molecule has 1 aliphatic carbocycles. The molecule has 0 spiro atoms. The van der Waals surface area contributed by atoms with Gasteiger partial charge in [0.05, 0.1) is 23.8 Å². The van der Waals surface area contributed by atoms with Crippen LogP contribution in [0.3, 0.4) is 0 Å². The Bertz CT molecular complexity index is 1120. The maximum Gasteiger partial charge on any atom is 0.414 e. The van der Waals surface area contributed by atoms with Crippen molar-refractivity contribution in [2.45, 2.75) is 70.0 Å². The normalized spacial score (nSPS) is 22.0. The summed E-state index contributed by atoms with van der Waals surface area (Å²) in [6, 6.07) is 15.6. The van der Waals surface area contributed by atoms with Gasteiger partial charge in [-0.25, -0.2) is 9.78 Å². The molecular formula is C27H36N4O3. The van der Waals surface area contributed by atoms with Crippen molar-refractivity contribution in [1.29, 1.82) is 0 Å². The van der Waals surface area contributed by atoms with Crippen molar-refractivity contribution in [3.63, 3.8) is 0 Å². The molecule has 1 amide bonds. The smallest absolute Gasteiger partial charge is 0.414 e. The number of methoxy groups -OCH3 is 1. The molecule has 1 unspecified atom stereocenters. The first-order chi connectivity index (χ1) is 16.6. The predicted octanol–water partition coefficient (Wildman–Crippen LogP) is 4.59. The van der Waals surface area contributed by atoms with Crippen molar-refractivity contribution in [3.8, 4) is 0 Å². The van der Waals surface area contributed by atoms with Crippen molar-refractivity contribution in [3.05, 3.63) is 59.4 Å². The Kier molecular flexibility index (Phi) is 7.54. The summed E-state index contributed by atoms with van der Waals surface area (Å²) in [5.41, 5.74) is 11.8. The second kappa shape index (κ2) is 10.6. The van der Waals surface area contributed by atoms with Crippen LogP contribution in [0, 0.1) is 0 Å². The fourth-order valence-electron chi connectivity index (χ4n) is 5.49. The van der Waals surface area contributed by atoms with Gasteiger partial charge in [0.25, 0.3) is 0 Å². The van der Waals surface area contributed by atoms with Crippen LogP contribution < -0.4 is 10.6 Å². The van der Waals surface area contributed by atoms with Crippen LogP contribution in [-0.2, 0) is 17.6 Å². The molecule has 0 saturated heterocycles. The minimum atomic E-state index is -0.303. The van der Waals surface area contributed by atoms with E-state index in [0.29, 0.717) is 12.1 Å². The molecule has 2 heterocycles. The van der Waals surface area contributed by atoms with Crippen LogP contribution in [0.2, 0.25) is 0 Å². The summed E-state index contributed by atoms with van der Waals surface area (Å²) < 4.78 is 7.56. The van der Waals surface area contributed by atoms with Crippen LogP contribution >= 0.6 is 0 Å². The van der Waals surface area contributed by atoms with Gasteiger partial charge in [0.15, 0.2) is 0 Å². The average molecular weight is 465 g/mol. The highest BCUT2D eigenvalue weighted by Crippen LogP contribution is 2.39. The lowest BCUT2D eigenvalue weighted by Crippen LogP contribution is -2.42. The van der Waals surface area contributed by atoms with Gasteiger partial charge in [-0.1, -0.05) is 30.3 Å². The number of nitrogens with zero attached hydrogens (tertiary/aromatic N) is 3. The number of carbonyl (C=O) groups excluding carboxylic acids is 1. The average Bonchev–Trinajstić information content (AvgIpc) is 3.24. The van der Waals surface area contributed by atoms with Gasteiger partial charge >= 0.3 is 6.09 Å². The van der Waals surface area contributed by atoms with E-state index in [9.17, 15) is 4.79 Å². The number of anilines is 1. The van der Waals surface area contributed by atoms with Crippen LogP contribution in [0.4, 0.5) is 10.5 Å². The van der Waals surface area contributed by atoms with E-state index in [1.165, 1.54) is 18.2 Å². The topological polar surface area (TPSA) is 93.6 Å². The first-order valence-electron chi connectivity index (χ1n) is 12.2. The number of nitrogens with two attached hydrogens (primary N) is 1. The van der Waals surface area contributed by atoms with Crippen LogP contribution in [0.25, 0.3) is 11.0 Å². The Labute approximate surface area is 201 Å². The number of hydrogen-bond donors (Lipinski definition) is 2. The molecule has 1 fully saturated rings. The van der Waals surface area contributed by atoms with Gasteiger partial charge in [-0.2, -0.15) is 0 Å². The van der Waals surface area contributed by atoms with Crippen LogP contribution in [0.5, 0.6) is 0 Å². The summed E-state index contributed by atoms with van der Waals surface area (Å²) in [6.07, 6.45) is 6.57. The maximum atomic E-state index is 12.5. The zero-order valence-electron chi connectivity index (χ0n) is 20.4. The monoisotopic (exact) mass is 464 g/mol. The number of carbonyl (C=O) groups is 1. The van der Waals surface area contributed by atoms with E-state index in [-0.39, 0.29) is 12.1 Å². The van der Waals surface area contributed by atoms with Gasteiger partial charge in [0.2, 0.25) is 0 Å². The number of amides is 1. The van der Waals surface area contributed by atoms with Crippen LogP contribution in [0.1, 0.15) is 62.0 Å². The lowest BCUT2D eigenvalue weighted by molar-refractivity contribution is 0.175. The van der Waals surface area contributed by atoms with Gasteiger partial charge in [0, 0.05) is 37.2 Å².